The summed E-state index contributed by atoms with van der Waals surface area (Å²) in [5, 5.41) is 17.3. The van der Waals surface area contributed by atoms with Gasteiger partial charge in [0.05, 0.1) is 25.1 Å². The SMILES string of the molecule is CCNC(=NCc1cccc([N+](=O)[O-])c1)NCC(C)Oc1cccc(OC)c1.I. The molecule has 0 heterocycles. The van der Waals surface area contributed by atoms with E-state index < -0.39 is 4.92 Å². The van der Waals surface area contributed by atoms with Gasteiger partial charge in [0.15, 0.2) is 5.96 Å². The van der Waals surface area contributed by atoms with Crippen LogP contribution < -0.4 is 20.1 Å². The number of hydrogen-bond donors (Lipinski definition) is 2. The van der Waals surface area contributed by atoms with E-state index in [2.05, 4.69) is 15.6 Å². The number of guanidine groups is 1. The monoisotopic (exact) mass is 514 g/mol. The van der Waals surface area contributed by atoms with Gasteiger partial charge in [-0.2, -0.15) is 0 Å². The molecule has 2 rings (SSSR count). The summed E-state index contributed by atoms with van der Waals surface area (Å²) in [5.74, 6) is 2.09. The second kappa shape index (κ2) is 12.8. The van der Waals surface area contributed by atoms with Crippen LogP contribution in [0.5, 0.6) is 11.5 Å². The van der Waals surface area contributed by atoms with Crippen molar-refractivity contribution in [1.29, 1.82) is 0 Å². The number of halogens is 1. The van der Waals surface area contributed by atoms with Crippen molar-refractivity contribution >= 4 is 35.6 Å². The van der Waals surface area contributed by atoms with Crippen LogP contribution in [0.25, 0.3) is 0 Å². The highest BCUT2D eigenvalue weighted by Gasteiger charge is 2.08. The molecule has 8 nitrogen and oxygen atoms in total. The normalized spacial score (nSPS) is 11.8. The molecule has 0 saturated heterocycles. The van der Waals surface area contributed by atoms with E-state index in [0.717, 1.165) is 17.1 Å². The Bertz CT molecular complexity index is 817. The molecule has 0 aliphatic rings. The van der Waals surface area contributed by atoms with Gasteiger partial charge in [-0.1, -0.05) is 18.2 Å². The number of nitrogens with zero attached hydrogens (tertiary/aromatic N) is 2. The first-order chi connectivity index (χ1) is 13.5. The number of benzene rings is 2. The molecule has 0 saturated carbocycles. The van der Waals surface area contributed by atoms with Crippen molar-refractivity contribution in [3.05, 3.63) is 64.2 Å². The third-order valence-electron chi connectivity index (χ3n) is 3.82. The summed E-state index contributed by atoms with van der Waals surface area (Å²) >= 11 is 0. The van der Waals surface area contributed by atoms with Gasteiger partial charge in [0.2, 0.25) is 0 Å². The summed E-state index contributed by atoms with van der Waals surface area (Å²) in [4.78, 5) is 15.0. The maximum absolute atomic E-state index is 10.9. The van der Waals surface area contributed by atoms with Crippen molar-refractivity contribution in [2.24, 2.45) is 4.99 Å². The molecule has 9 heteroatoms. The number of nitro groups is 1. The summed E-state index contributed by atoms with van der Waals surface area (Å²) in [5.41, 5.74) is 0.832. The average Bonchev–Trinajstić information content (AvgIpc) is 2.70. The number of aliphatic imine (C=N–C) groups is 1. The highest BCUT2D eigenvalue weighted by atomic mass is 127. The van der Waals surface area contributed by atoms with Gasteiger partial charge in [-0.25, -0.2) is 4.99 Å². The molecule has 0 aliphatic heterocycles. The van der Waals surface area contributed by atoms with Gasteiger partial charge in [0.25, 0.3) is 5.69 Å². The van der Waals surface area contributed by atoms with Crippen molar-refractivity contribution < 1.29 is 14.4 Å². The molecule has 158 valence electrons. The van der Waals surface area contributed by atoms with Gasteiger partial charge in [0.1, 0.15) is 17.6 Å². The van der Waals surface area contributed by atoms with Crippen LogP contribution in [0.15, 0.2) is 53.5 Å². The number of nitrogens with one attached hydrogen (secondary N) is 2. The lowest BCUT2D eigenvalue weighted by molar-refractivity contribution is -0.384. The summed E-state index contributed by atoms with van der Waals surface area (Å²) in [7, 11) is 1.62. The lowest BCUT2D eigenvalue weighted by Gasteiger charge is -2.18. The van der Waals surface area contributed by atoms with Crippen LogP contribution in [-0.4, -0.2) is 37.2 Å². The van der Waals surface area contributed by atoms with E-state index in [0.29, 0.717) is 25.6 Å². The molecular weight excluding hydrogens is 487 g/mol. The van der Waals surface area contributed by atoms with Crippen molar-refractivity contribution in [3.63, 3.8) is 0 Å². The topological polar surface area (TPSA) is 98.0 Å². The van der Waals surface area contributed by atoms with Gasteiger partial charge >= 0.3 is 0 Å². The first-order valence-electron chi connectivity index (χ1n) is 9.08. The number of hydrogen-bond acceptors (Lipinski definition) is 5. The minimum Gasteiger partial charge on any atom is -0.497 e. The van der Waals surface area contributed by atoms with Gasteiger partial charge in [-0.05, 0) is 31.5 Å². The molecule has 0 spiro atoms. The number of nitro benzene ring substituents is 1. The van der Waals surface area contributed by atoms with E-state index in [9.17, 15) is 10.1 Å². The quantitative estimate of drug-likeness (QED) is 0.174. The van der Waals surface area contributed by atoms with Crippen molar-refractivity contribution in [2.45, 2.75) is 26.5 Å². The zero-order chi connectivity index (χ0) is 20.4. The lowest BCUT2D eigenvalue weighted by atomic mass is 10.2. The fraction of sp³-hybridized carbons (Fsp3) is 0.350. The molecule has 1 atom stereocenters. The van der Waals surface area contributed by atoms with E-state index in [1.807, 2.05) is 44.2 Å². The minimum absolute atomic E-state index is 0. The van der Waals surface area contributed by atoms with Gasteiger partial charge in [-0.3, -0.25) is 10.1 Å². The highest BCUT2D eigenvalue weighted by molar-refractivity contribution is 14.0. The van der Waals surface area contributed by atoms with Gasteiger partial charge in [0, 0.05) is 24.7 Å². The van der Waals surface area contributed by atoms with Gasteiger partial charge in [-0.15, -0.1) is 24.0 Å². The standard InChI is InChI=1S/C20H26N4O4.HI/c1-4-21-20(23-14-16-7-5-8-17(11-16)24(25)26)22-13-15(2)28-19-10-6-9-18(12-19)27-3;/h5-12,15H,4,13-14H2,1-3H3,(H2,21,22,23);1H. The summed E-state index contributed by atoms with van der Waals surface area (Å²) in [6, 6.07) is 13.9. The van der Waals surface area contributed by atoms with Crippen molar-refractivity contribution in [1.82, 2.24) is 10.6 Å². The first kappa shape index (κ1) is 24.5. The van der Waals surface area contributed by atoms with Crippen LogP contribution in [0.2, 0.25) is 0 Å². The molecule has 0 radical (unpaired) electrons. The Morgan fingerprint density at radius 2 is 1.90 bits per heavy atom. The predicted octanol–water partition coefficient (Wildman–Crippen LogP) is 3.74. The number of methoxy groups -OCH3 is 1. The Balaban J connectivity index is 0.00000420. The van der Waals surface area contributed by atoms with E-state index in [4.69, 9.17) is 9.47 Å². The van der Waals surface area contributed by atoms with E-state index >= 15 is 0 Å². The second-order valence-electron chi connectivity index (χ2n) is 6.11. The van der Waals surface area contributed by atoms with Crippen LogP contribution in [0.4, 0.5) is 5.69 Å². The fourth-order valence-electron chi connectivity index (χ4n) is 2.47. The molecule has 2 N–H and O–H groups in total. The van der Waals surface area contributed by atoms with Crippen LogP contribution in [0.1, 0.15) is 19.4 Å². The molecular formula is C20H27IN4O4. The zero-order valence-electron chi connectivity index (χ0n) is 16.8. The minimum atomic E-state index is -0.408. The van der Waals surface area contributed by atoms with Crippen LogP contribution in [0.3, 0.4) is 0 Å². The predicted molar refractivity (Wildman–Crippen MR) is 124 cm³/mol. The van der Waals surface area contributed by atoms with E-state index in [-0.39, 0.29) is 35.8 Å². The molecule has 0 bridgehead atoms. The molecule has 0 fully saturated rings. The molecule has 1 unspecified atom stereocenters. The molecule has 29 heavy (non-hydrogen) atoms. The maximum Gasteiger partial charge on any atom is 0.269 e. The Kier molecular flexibility index (Phi) is 10.8. The van der Waals surface area contributed by atoms with E-state index in [1.165, 1.54) is 12.1 Å². The largest absolute Gasteiger partial charge is 0.497 e. The number of rotatable bonds is 9. The molecule has 0 amide bonds. The van der Waals surface area contributed by atoms with Crippen LogP contribution >= 0.6 is 24.0 Å². The zero-order valence-corrected chi connectivity index (χ0v) is 19.1. The lowest BCUT2D eigenvalue weighted by Crippen LogP contribution is -2.41. The van der Waals surface area contributed by atoms with Crippen molar-refractivity contribution in [3.8, 4) is 11.5 Å². The van der Waals surface area contributed by atoms with Crippen LogP contribution in [-0.2, 0) is 6.54 Å². The Labute approximate surface area is 187 Å². The molecule has 2 aromatic carbocycles. The second-order valence-corrected chi connectivity index (χ2v) is 6.11. The number of non-ortho nitro benzene ring substituents is 1. The Morgan fingerprint density at radius 3 is 2.59 bits per heavy atom. The fourth-order valence-corrected chi connectivity index (χ4v) is 2.47. The van der Waals surface area contributed by atoms with Crippen molar-refractivity contribution in [2.75, 3.05) is 20.2 Å². The summed E-state index contributed by atoms with van der Waals surface area (Å²) in [6.45, 7) is 5.50. The van der Waals surface area contributed by atoms with E-state index in [1.54, 1.807) is 13.2 Å². The van der Waals surface area contributed by atoms with Crippen LogP contribution in [0, 0.1) is 10.1 Å². The summed E-state index contributed by atoms with van der Waals surface area (Å²) in [6.07, 6.45) is -0.103. The van der Waals surface area contributed by atoms with Gasteiger partial charge < -0.3 is 20.1 Å². The smallest absolute Gasteiger partial charge is 0.269 e. The Hall–Kier alpha value is -2.56. The molecule has 0 aliphatic carbocycles. The third-order valence-corrected chi connectivity index (χ3v) is 3.82. The maximum atomic E-state index is 10.9. The average molecular weight is 514 g/mol. The molecule has 0 aromatic heterocycles. The first-order valence-corrected chi connectivity index (χ1v) is 9.08. The Morgan fingerprint density at radius 1 is 1.17 bits per heavy atom. The summed E-state index contributed by atoms with van der Waals surface area (Å²) < 4.78 is 11.1. The number of ether oxygens (including phenoxy) is 2. The third kappa shape index (κ3) is 8.55. The molecule has 2 aromatic rings. The highest BCUT2D eigenvalue weighted by Crippen LogP contribution is 2.19.